The molecule has 5 aliphatic rings. The Morgan fingerprint density at radius 1 is 1.03 bits per heavy atom. The van der Waals surface area contributed by atoms with Crippen LogP contribution in [-0.4, -0.2) is 24.3 Å². The van der Waals surface area contributed by atoms with E-state index in [1.165, 1.54) is 18.4 Å². The summed E-state index contributed by atoms with van der Waals surface area (Å²) >= 11 is 0. The zero-order valence-corrected chi connectivity index (χ0v) is 22.8. The van der Waals surface area contributed by atoms with E-state index in [0.717, 1.165) is 44.9 Å². The Balaban J connectivity index is 1.62. The molecule has 4 saturated carbocycles. The van der Waals surface area contributed by atoms with E-state index in [-0.39, 0.29) is 45.1 Å². The van der Waals surface area contributed by atoms with Crippen LogP contribution in [0.15, 0.2) is 23.8 Å². The summed E-state index contributed by atoms with van der Waals surface area (Å²) in [4.78, 5) is 13.4. The number of aliphatic hydroxyl groups excluding tert-OH is 1. The highest BCUT2D eigenvalue weighted by Crippen LogP contribution is 2.75. The minimum atomic E-state index is -0.387. The van der Waals surface area contributed by atoms with Crippen molar-refractivity contribution >= 4 is 5.97 Å². The van der Waals surface area contributed by atoms with Crippen molar-refractivity contribution in [3.8, 4) is 0 Å². The van der Waals surface area contributed by atoms with Gasteiger partial charge in [0.25, 0.3) is 0 Å². The first-order valence-electron chi connectivity index (χ1n) is 13.9. The highest BCUT2D eigenvalue weighted by molar-refractivity contribution is 5.79. The Kier molecular flexibility index (Phi) is 5.40. The number of hydrogen-bond acceptors (Lipinski definition) is 3. The molecule has 0 aliphatic heterocycles. The van der Waals surface area contributed by atoms with Gasteiger partial charge in [0.2, 0.25) is 0 Å². The molecule has 9 atom stereocenters. The number of carbonyl (C=O) groups is 1. The van der Waals surface area contributed by atoms with Gasteiger partial charge in [-0.3, -0.25) is 4.79 Å². The van der Waals surface area contributed by atoms with Gasteiger partial charge in [0, 0.05) is 5.92 Å². The molecule has 0 aromatic heterocycles. The predicted octanol–water partition coefficient (Wildman–Crippen LogP) is 7.10. The minimum Gasteiger partial charge on any atom is -0.469 e. The fraction of sp³-hybridized carbons (Fsp3) is 0.839. The smallest absolute Gasteiger partial charge is 0.312 e. The Morgan fingerprint density at radius 2 is 1.74 bits per heavy atom. The number of carbonyl (C=O) groups excluding carboxylic acids is 1. The fourth-order valence-corrected chi connectivity index (χ4v) is 10.8. The van der Waals surface area contributed by atoms with Gasteiger partial charge in [-0.05, 0) is 97.2 Å². The van der Waals surface area contributed by atoms with Crippen LogP contribution in [0.2, 0.25) is 0 Å². The molecule has 5 aliphatic carbocycles. The molecule has 3 heteroatoms. The lowest BCUT2D eigenvalue weighted by Crippen LogP contribution is -2.65. The molecule has 190 valence electrons. The van der Waals surface area contributed by atoms with Crippen LogP contribution in [0.1, 0.15) is 99.3 Å². The van der Waals surface area contributed by atoms with Gasteiger partial charge < -0.3 is 9.84 Å². The topological polar surface area (TPSA) is 46.5 Å². The number of fused-ring (bicyclic) bond motifs is 7. The molecule has 1 N–H and O–H groups in total. The summed E-state index contributed by atoms with van der Waals surface area (Å²) < 4.78 is 5.48. The summed E-state index contributed by atoms with van der Waals surface area (Å²) in [5.41, 5.74) is 3.00. The fourth-order valence-electron chi connectivity index (χ4n) is 10.8. The molecule has 0 aromatic carbocycles. The zero-order valence-electron chi connectivity index (χ0n) is 22.8. The third-order valence-electron chi connectivity index (χ3n) is 13.1. The van der Waals surface area contributed by atoms with Crippen LogP contribution < -0.4 is 0 Å². The largest absolute Gasteiger partial charge is 0.469 e. The van der Waals surface area contributed by atoms with Gasteiger partial charge in [-0.2, -0.15) is 0 Å². The first kappa shape index (κ1) is 24.6. The summed E-state index contributed by atoms with van der Waals surface area (Å²) in [6.45, 7) is 19.1. The van der Waals surface area contributed by atoms with E-state index < -0.39 is 0 Å². The highest BCUT2D eigenvalue weighted by Gasteiger charge is 2.69. The van der Waals surface area contributed by atoms with E-state index in [9.17, 15) is 9.90 Å². The van der Waals surface area contributed by atoms with Crippen molar-refractivity contribution in [1.29, 1.82) is 0 Å². The summed E-state index contributed by atoms with van der Waals surface area (Å²) in [7, 11) is 1.57. The molecule has 0 heterocycles. The van der Waals surface area contributed by atoms with Gasteiger partial charge in [-0.25, -0.2) is 0 Å². The number of hydrogen-bond donors (Lipinski definition) is 1. The molecule has 4 fully saturated rings. The Hall–Kier alpha value is -1.09. The summed E-state index contributed by atoms with van der Waals surface area (Å²) in [6, 6.07) is 0. The number of aliphatic hydroxyl groups is 1. The molecule has 0 radical (unpaired) electrons. The van der Waals surface area contributed by atoms with E-state index in [4.69, 9.17) is 4.74 Å². The molecule has 0 aromatic rings. The molecular weight excluding hydrogens is 420 g/mol. The van der Waals surface area contributed by atoms with E-state index >= 15 is 0 Å². The zero-order chi connectivity index (χ0) is 24.9. The summed E-state index contributed by atoms with van der Waals surface area (Å²) in [5.74, 6) is 1.71. The van der Waals surface area contributed by atoms with Crippen molar-refractivity contribution in [2.75, 3.05) is 7.11 Å². The minimum absolute atomic E-state index is 0.00534. The summed E-state index contributed by atoms with van der Waals surface area (Å²) in [6.07, 6.45) is 11.8. The molecule has 0 spiro atoms. The van der Waals surface area contributed by atoms with Crippen molar-refractivity contribution in [2.24, 2.45) is 50.7 Å². The van der Waals surface area contributed by atoms with Gasteiger partial charge in [0.05, 0.1) is 18.6 Å². The lowest BCUT2D eigenvalue weighted by atomic mass is 9.33. The standard InChI is InChI=1S/C31H48O3/c1-19-11-16-31(26(33)34-8)18-17-29(6)21(25(31)20(19)2)9-10-23-28(5)14-13-24(32)27(3,4)22(28)12-15-30(23,29)7/h9,20,22-25,32H,1,10-18H2,2-8H3/t20-,22-,23+,24-,25-,28-,29+,30+,31-/m0/s1. The third-order valence-corrected chi connectivity index (χ3v) is 13.1. The maximum Gasteiger partial charge on any atom is 0.312 e. The lowest BCUT2D eigenvalue weighted by Gasteiger charge is -2.71. The highest BCUT2D eigenvalue weighted by atomic mass is 16.5. The molecule has 0 bridgehead atoms. The van der Waals surface area contributed by atoms with Crippen molar-refractivity contribution in [3.63, 3.8) is 0 Å². The molecule has 34 heavy (non-hydrogen) atoms. The van der Waals surface area contributed by atoms with Crippen LogP contribution in [0.5, 0.6) is 0 Å². The van der Waals surface area contributed by atoms with Crippen LogP contribution in [0.4, 0.5) is 0 Å². The van der Waals surface area contributed by atoms with Crippen molar-refractivity contribution < 1.29 is 14.6 Å². The SMILES string of the molecule is C=C1CC[C@]2(C(=O)OC)CC[C@]3(C)C(=CC[C@@H]4[C@@]5(C)CC[C@H](O)C(C)(C)[C@@H]5CC[C@]43C)[C@@H]2[C@H]1C. The van der Waals surface area contributed by atoms with E-state index in [2.05, 4.69) is 54.2 Å². The second-order valence-electron chi connectivity index (χ2n) is 14.2. The van der Waals surface area contributed by atoms with E-state index in [1.54, 1.807) is 12.7 Å². The number of allylic oxidation sites excluding steroid dienone is 3. The second kappa shape index (κ2) is 7.46. The van der Waals surface area contributed by atoms with E-state index in [1.807, 2.05) is 0 Å². The van der Waals surface area contributed by atoms with Crippen molar-refractivity contribution in [2.45, 2.75) is 105 Å². The molecular formula is C31H48O3. The number of methoxy groups -OCH3 is 1. The number of ether oxygens (including phenoxy) is 1. The Bertz CT molecular complexity index is 931. The predicted molar refractivity (Wildman–Crippen MR) is 137 cm³/mol. The van der Waals surface area contributed by atoms with Gasteiger partial charge in [0.1, 0.15) is 0 Å². The Morgan fingerprint density at radius 3 is 2.41 bits per heavy atom. The maximum atomic E-state index is 13.4. The molecule has 3 nitrogen and oxygen atoms in total. The monoisotopic (exact) mass is 468 g/mol. The van der Waals surface area contributed by atoms with Gasteiger partial charge in [-0.15, -0.1) is 0 Å². The second-order valence-corrected chi connectivity index (χ2v) is 14.2. The molecule has 0 amide bonds. The van der Waals surface area contributed by atoms with Gasteiger partial charge in [-0.1, -0.05) is 65.3 Å². The van der Waals surface area contributed by atoms with Crippen LogP contribution in [0, 0.1) is 50.7 Å². The maximum absolute atomic E-state index is 13.4. The quantitative estimate of drug-likeness (QED) is 0.330. The average Bonchev–Trinajstić information content (AvgIpc) is 2.79. The number of rotatable bonds is 1. The van der Waals surface area contributed by atoms with Gasteiger partial charge >= 0.3 is 5.97 Å². The number of esters is 1. The van der Waals surface area contributed by atoms with Gasteiger partial charge in [0.15, 0.2) is 0 Å². The van der Waals surface area contributed by atoms with Crippen molar-refractivity contribution in [1.82, 2.24) is 0 Å². The third kappa shape index (κ3) is 2.77. The molecule has 0 saturated heterocycles. The first-order valence-corrected chi connectivity index (χ1v) is 13.9. The van der Waals surface area contributed by atoms with Crippen LogP contribution in [0.3, 0.4) is 0 Å². The normalized spacial score (nSPS) is 51.8. The average molecular weight is 469 g/mol. The van der Waals surface area contributed by atoms with E-state index in [0.29, 0.717) is 17.8 Å². The van der Waals surface area contributed by atoms with Crippen LogP contribution in [-0.2, 0) is 9.53 Å². The van der Waals surface area contributed by atoms with Crippen molar-refractivity contribution in [3.05, 3.63) is 23.8 Å². The molecule has 5 rings (SSSR count). The lowest BCUT2D eigenvalue weighted by molar-refractivity contribution is -0.205. The first-order chi connectivity index (χ1) is 15.8. The molecule has 0 unspecified atom stereocenters. The van der Waals surface area contributed by atoms with Crippen LogP contribution in [0.25, 0.3) is 0 Å². The summed E-state index contributed by atoms with van der Waals surface area (Å²) in [5, 5.41) is 10.9. The van der Waals surface area contributed by atoms with Crippen LogP contribution >= 0.6 is 0 Å². The Labute approximate surface area is 207 Å².